The van der Waals surface area contributed by atoms with Crippen LogP contribution in [0.1, 0.15) is 66.2 Å². The third-order valence-electron chi connectivity index (χ3n) is 7.30. The molecule has 1 aromatic rings. The van der Waals surface area contributed by atoms with Gasteiger partial charge in [0.15, 0.2) is 0 Å². The molecule has 0 spiro atoms. The second-order valence-corrected chi connectivity index (χ2v) is 10.1. The number of aliphatic hydroxyl groups excluding tert-OH is 2. The minimum absolute atomic E-state index is 0.279. The minimum atomic E-state index is -0.511. The molecule has 0 amide bonds. The number of piperidine rings is 2. The summed E-state index contributed by atoms with van der Waals surface area (Å²) < 4.78 is 11.6. The van der Waals surface area contributed by atoms with Gasteiger partial charge < -0.3 is 19.7 Å². The van der Waals surface area contributed by atoms with Crippen LogP contribution in [0, 0.1) is 0 Å². The lowest BCUT2D eigenvalue weighted by molar-refractivity contribution is 0.0202. The highest BCUT2D eigenvalue weighted by atomic mass is 16.5. The number of likely N-dealkylation sites (tertiary alicyclic amines) is 2. The molecule has 1 aromatic carbocycles. The molecule has 2 heterocycles. The van der Waals surface area contributed by atoms with Crippen LogP contribution in [0.25, 0.3) is 0 Å². The van der Waals surface area contributed by atoms with Crippen molar-refractivity contribution in [3.63, 3.8) is 0 Å². The van der Waals surface area contributed by atoms with E-state index in [1.165, 1.54) is 38.5 Å². The molecule has 2 aliphatic heterocycles. The van der Waals surface area contributed by atoms with Gasteiger partial charge in [-0.25, -0.2) is 0 Å². The Labute approximate surface area is 194 Å². The molecule has 32 heavy (non-hydrogen) atoms. The van der Waals surface area contributed by atoms with Gasteiger partial charge in [-0.2, -0.15) is 0 Å². The summed E-state index contributed by atoms with van der Waals surface area (Å²) in [5.41, 5.74) is 0. The first-order valence-electron chi connectivity index (χ1n) is 12.6. The van der Waals surface area contributed by atoms with Gasteiger partial charge in [-0.05, 0) is 77.6 Å². The van der Waals surface area contributed by atoms with E-state index in [0.717, 1.165) is 0 Å². The van der Waals surface area contributed by atoms with Crippen molar-refractivity contribution >= 4 is 0 Å². The van der Waals surface area contributed by atoms with Crippen LogP contribution in [0.2, 0.25) is 0 Å². The lowest BCUT2D eigenvalue weighted by atomic mass is 9.97. The third-order valence-corrected chi connectivity index (χ3v) is 7.30. The number of ether oxygens (including phenoxy) is 2. The molecular weight excluding hydrogens is 404 g/mol. The van der Waals surface area contributed by atoms with Crippen molar-refractivity contribution in [1.29, 1.82) is 0 Å². The van der Waals surface area contributed by atoms with Gasteiger partial charge in [-0.1, -0.05) is 12.8 Å². The molecule has 6 heteroatoms. The molecule has 2 fully saturated rings. The molecule has 6 nitrogen and oxygen atoms in total. The normalized spacial score (nSPS) is 29.4. The van der Waals surface area contributed by atoms with Crippen molar-refractivity contribution in [2.24, 2.45) is 0 Å². The zero-order valence-electron chi connectivity index (χ0n) is 20.4. The summed E-state index contributed by atoms with van der Waals surface area (Å²) in [6.07, 6.45) is 6.32. The first-order valence-corrected chi connectivity index (χ1v) is 12.6. The van der Waals surface area contributed by atoms with E-state index in [0.29, 0.717) is 48.8 Å². The molecule has 182 valence electrons. The number of β-amino-alcohol motifs (C(OH)–C–C–N with tert-alkyl or cyclic N) is 2. The van der Waals surface area contributed by atoms with Crippen molar-refractivity contribution in [3.8, 4) is 11.5 Å². The Hall–Kier alpha value is -1.34. The fourth-order valence-corrected chi connectivity index (χ4v) is 5.28. The predicted molar refractivity (Wildman–Crippen MR) is 128 cm³/mol. The van der Waals surface area contributed by atoms with Crippen molar-refractivity contribution in [2.75, 3.05) is 26.3 Å². The zero-order chi connectivity index (χ0) is 23.1. The van der Waals surface area contributed by atoms with Crippen molar-refractivity contribution in [3.05, 3.63) is 24.3 Å². The topological polar surface area (TPSA) is 65.4 Å². The predicted octanol–water partition coefficient (Wildman–Crippen LogP) is 3.69. The molecule has 0 aliphatic carbocycles. The van der Waals surface area contributed by atoms with Crippen molar-refractivity contribution in [1.82, 2.24) is 9.80 Å². The van der Waals surface area contributed by atoms with E-state index in [9.17, 15) is 10.2 Å². The van der Waals surface area contributed by atoms with Crippen molar-refractivity contribution < 1.29 is 19.7 Å². The fraction of sp³-hybridized carbons (Fsp3) is 0.769. The van der Waals surface area contributed by atoms with Gasteiger partial charge in [0, 0.05) is 37.3 Å². The maximum absolute atomic E-state index is 10.4. The van der Waals surface area contributed by atoms with Gasteiger partial charge in [0.25, 0.3) is 0 Å². The zero-order valence-corrected chi connectivity index (χ0v) is 20.4. The monoisotopic (exact) mass is 448 g/mol. The minimum Gasteiger partial charge on any atom is -0.491 e. The Bertz CT molecular complexity index is 593. The van der Waals surface area contributed by atoms with Gasteiger partial charge in [-0.3, -0.25) is 9.80 Å². The Balaban J connectivity index is 1.38. The molecule has 6 atom stereocenters. The van der Waals surface area contributed by atoms with Crippen LogP contribution in [0.4, 0.5) is 0 Å². The highest BCUT2D eigenvalue weighted by molar-refractivity contribution is 5.31. The third kappa shape index (κ3) is 7.34. The Morgan fingerprint density at radius 1 is 0.688 bits per heavy atom. The quantitative estimate of drug-likeness (QED) is 0.569. The summed E-state index contributed by atoms with van der Waals surface area (Å²) in [7, 11) is 0. The standard InChI is InChI=1S/C26H44N2O4/c1-19-7-5-8-20(2)27(19)15-23(29)17-31-25-11-13-26(14-12-25)32-18-24(30)16-28-21(3)9-6-10-22(28)4/h11-14,19-24,29-30H,5-10,15-18H2,1-4H3/t19-,20-,21+,22+,23-,24+. The summed E-state index contributed by atoms with van der Waals surface area (Å²) in [5.74, 6) is 1.43. The fourth-order valence-electron chi connectivity index (χ4n) is 5.28. The molecule has 0 aromatic heterocycles. The molecule has 2 N–H and O–H groups in total. The number of benzene rings is 1. The summed E-state index contributed by atoms with van der Waals surface area (Å²) in [4.78, 5) is 4.79. The second kappa shape index (κ2) is 12.2. The molecule has 2 saturated heterocycles. The van der Waals surface area contributed by atoms with E-state index in [1.807, 2.05) is 24.3 Å². The number of hydrogen-bond acceptors (Lipinski definition) is 6. The van der Waals surface area contributed by atoms with Crippen LogP contribution in [0.15, 0.2) is 24.3 Å². The second-order valence-electron chi connectivity index (χ2n) is 10.1. The summed E-state index contributed by atoms with van der Waals surface area (Å²) >= 11 is 0. The number of aliphatic hydroxyl groups is 2. The lowest BCUT2D eigenvalue weighted by Crippen LogP contribution is -2.48. The summed E-state index contributed by atoms with van der Waals surface area (Å²) in [6.45, 7) is 10.8. The average molecular weight is 449 g/mol. The van der Waals surface area contributed by atoms with Gasteiger partial charge in [0.2, 0.25) is 0 Å². The van der Waals surface area contributed by atoms with E-state index in [2.05, 4.69) is 37.5 Å². The highest BCUT2D eigenvalue weighted by Crippen LogP contribution is 2.24. The van der Waals surface area contributed by atoms with Gasteiger partial charge in [0.1, 0.15) is 36.9 Å². The van der Waals surface area contributed by atoms with Crippen LogP contribution in [0.5, 0.6) is 11.5 Å². The maximum Gasteiger partial charge on any atom is 0.119 e. The van der Waals surface area contributed by atoms with Crippen LogP contribution in [-0.2, 0) is 0 Å². The Morgan fingerprint density at radius 3 is 1.31 bits per heavy atom. The number of hydrogen-bond donors (Lipinski definition) is 2. The van der Waals surface area contributed by atoms with Gasteiger partial charge >= 0.3 is 0 Å². The number of nitrogens with zero attached hydrogens (tertiary/aromatic N) is 2. The van der Waals surface area contributed by atoms with E-state index in [-0.39, 0.29) is 13.2 Å². The Kier molecular flexibility index (Phi) is 9.65. The van der Waals surface area contributed by atoms with E-state index >= 15 is 0 Å². The SMILES string of the molecule is C[C@@H]1CCC[C@@H](C)N1C[C@@H](O)COc1ccc(OC[C@@H](O)CN2[C@@H](C)CCC[C@@H]2C)cc1. The molecule has 0 bridgehead atoms. The van der Waals surface area contributed by atoms with Gasteiger partial charge in [-0.15, -0.1) is 0 Å². The largest absolute Gasteiger partial charge is 0.491 e. The summed E-state index contributed by atoms with van der Waals surface area (Å²) in [6, 6.07) is 9.49. The van der Waals surface area contributed by atoms with E-state index in [1.54, 1.807) is 0 Å². The van der Waals surface area contributed by atoms with E-state index < -0.39 is 12.2 Å². The molecule has 3 rings (SSSR count). The smallest absolute Gasteiger partial charge is 0.119 e. The van der Waals surface area contributed by atoms with Gasteiger partial charge in [0.05, 0.1) is 0 Å². The lowest BCUT2D eigenvalue weighted by Gasteiger charge is -2.40. The average Bonchev–Trinajstić information content (AvgIpc) is 2.77. The maximum atomic E-state index is 10.4. The van der Waals surface area contributed by atoms with Crippen molar-refractivity contribution in [2.45, 2.75) is 103 Å². The molecular formula is C26H44N2O4. The molecule has 0 unspecified atom stereocenters. The number of rotatable bonds is 10. The molecule has 0 radical (unpaired) electrons. The summed E-state index contributed by atoms with van der Waals surface area (Å²) in [5, 5.41) is 20.9. The van der Waals surface area contributed by atoms with E-state index in [4.69, 9.17) is 9.47 Å². The van der Waals surface area contributed by atoms with Crippen LogP contribution < -0.4 is 9.47 Å². The van der Waals surface area contributed by atoms with Crippen LogP contribution >= 0.6 is 0 Å². The highest BCUT2D eigenvalue weighted by Gasteiger charge is 2.27. The molecule has 2 aliphatic rings. The first-order chi connectivity index (χ1) is 15.3. The van der Waals surface area contributed by atoms with Crippen LogP contribution in [0.3, 0.4) is 0 Å². The first kappa shape index (κ1) is 25.3. The Morgan fingerprint density at radius 2 is 1.00 bits per heavy atom. The molecule has 0 saturated carbocycles. The van der Waals surface area contributed by atoms with Crippen LogP contribution in [-0.4, -0.2) is 82.7 Å².